The molecule has 0 spiro atoms. The number of para-hydroxylation sites is 1. The lowest BCUT2D eigenvalue weighted by molar-refractivity contribution is -0.116. The number of hydrogen-bond acceptors (Lipinski definition) is 5. The van der Waals surface area contributed by atoms with Gasteiger partial charge < -0.3 is 0 Å². The summed E-state index contributed by atoms with van der Waals surface area (Å²) in [7, 11) is 0. The molecule has 0 aliphatic carbocycles. The lowest BCUT2D eigenvalue weighted by Gasteiger charge is -2.34. The van der Waals surface area contributed by atoms with Crippen LogP contribution in [0.3, 0.4) is 0 Å². The van der Waals surface area contributed by atoms with Gasteiger partial charge in [0.2, 0.25) is 0 Å². The number of thioether (sulfide) groups is 1. The molecule has 25 heavy (non-hydrogen) atoms. The highest BCUT2D eigenvalue weighted by Crippen LogP contribution is 2.30. The van der Waals surface area contributed by atoms with Crippen LogP contribution in [-0.4, -0.2) is 21.8 Å². The van der Waals surface area contributed by atoms with E-state index in [4.69, 9.17) is 4.99 Å². The second-order valence-electron chi connectivity index (χ2n) is 5.92. The lowest BCUT2D eigenvalue weighted by atomic mass is 10.1. The predicted molar refractivity (Wildman–Crippen MR) is 100 cm³/mol. The Labute approximate surface area is 150 Å². The van der Waals surface area contributed by atoms with Crippen LogP contribution in [-0.2, 0) is 4.79 Å². The van der Waals surface area contributed by atoms with E-state index in [-0.39, 0.29) is 12.1 Å². The number of hydrogen-bond donors (Lipinski definition) is 1. The third-order valence-corrected chi connectivity index (χ3v) is 4.92. The number of nitrogens with zero attached hydrogens (tertiary/aromatic N) is 3. The topological polar surface area (TPSA) is 57.1 Å². The zero-order chi connectivity index (χ0) is 17.4. The molecule has 1 atom stereocenters. The van der Waals surface area contributed by atoms with Crippen molar-refractivity contribution in [2.75, 3.05) is 5.75 Å². The van der Waals surface area contributed by atoms with Gasteiger partial charge in [0.1, 0.15) is 5.70 Å². The molecule has 2 heterocycles. The second kappa shape index (κ2) is 6.37. The number of benzene rings is 2. The van der Waals surface area contributed by atoms with Gasteiger partial charge in [0.25, 0.3) is 5.91 Å². The van der Waals surface area contributed by atoms with Crippen molar-refractivity contribution in [2.45, 2.75) is 20.0 Å². The zero-order valence-electron chi connectivity index (χ0n) is 14.1. The molecule has 2 aromatic carbocycles. The van der Waals surface area contributed by atoms with Gasteiger partial charge in [-0.15, -0.1) is 5.10 Å². The first-order valence-corrected chi connectivity index (χ1v) is 9.21. The molecule has 126 valence electrons. The summed E-state index contributed by atoms with van der Waals surface area (Å²) in [5.41, 5.74) is 2.75. The molecule has 5 nitrogen and oxygen atoms in total. The van der Waals surface area contributed by atoms with Crippen molar-refractivity contribution in [3.05, 3.63) is 70.2 Å². The number of fused-ring (bicyclic) bond motifs is 2. The molecule has 2 aliphatic heterocycles. The van der Waals surface area contributed by atoms with E-state index < -0.39 is 0 Å². The van der Waals surface area contributed by atoms with Crippen LogP contribution in [0.25, 0.3) is 5.70 Å². The van der Waals surface area contributed by atoms with Crippen molar-refractivity contribution < 1.29 is 4.79 Å². The van der Waals surface area contributed by atoms with Crippen LogP contribution < -0.4 is 15.9 Å². The Morgan fingerprint density at radius 2 is 1.92 bits per heavy atom. The first kappa shape index (κ1) is 15.9. The number of rotatable bonds is 2. The first-order valence-electron chi connectivity index (χ1n) is 8.23. The molecule has 2 aliphatic rings. The highest BCUT2D eigenvalue weighted by Gasteiger charge is 2.34. The summed E-state index contributed by atoms with van der Waals surface area (Å²) in [6.45, 7) is 4.09. The number of aryl methyl sites for hydroxylation is 1. The fraction of sp³-hybridized carbons (Fsp3) is 0.211. The Balaban J connectivity index is 1.94. The van der Waals surface area contributed by atoms with Gasteiger partial charge in [0, 0.05) is 5.22 Å². The van der Waals surface area contributed by atoms with Gasteiger partial charge in [-0.05, 0) is 24.3 Å². The van der Waals surface area contributed by atoms with E-state index in [1.165, 1.54) is 17.3 Å². The van der Waals surface area contributed by atoms with Crippen molar-refractivity contribution in [1.29, 1.82) is 0 Å². The quantitative estimate of drug-likeness (QED) is 0.900. The number of amides is 1. The minimum absolute atomic E-state index is 0.134. The highest BCUT2D eigenvalue weighted by atomic mass is 32.2. The van der Waals surface area contributed by atoms with Crippen LogP contribution in [0.4, 0.5) is 0 Å². The molecule has 0 bridgehead atoms. The van der Waals surface area contributed by atoms with Gasteiger partial charge in [-0.3, -0.25) is 15.1 Å². The minimum Gasteiger partial charge on any atom is -0.298 e. The summed E-state index contributed by atoms with van der Waals surface area (Å²) >= 11 is 1.51. The number of carbonyl (C=O) groups is 1. The Kier molecular flexibility index (Phi) is 4.05. The van der Waals surface area contributed by atoms with Crippen LogP contribution >= 0.6 is 11.8 Å². The van der Waals surface area contributed by atoms with Gasteiger partial charge in [0.05, 0.1) is 5.36 Å². The number of nitrogens with one attached hydrogen (secondary N) is 1. The molecule has 0 saturated carbocycles. The molecule has 0 saturated heterocycles. The standard InChI is InChI=1S/C19H18N4OS/c1-3-25-19-21-18(24)16-14-6-4-5-7-15(14)20-17(23(16)22-19)13-10-8-12(2)9-11-13/h4-11,17H,3H2,1-2H3,(H,21,22,24). The molecule has 0 aromatic heterocycles. The maximum Gasteiger partial charge on any atom is 0.276 e. The molecular formula is C19H18N4OS. The Morgan fingerprint density at radius 1 is 1.16 bits per heavy atom. The van der Waals surface area contributed by atoms with E-state index in [9.17, 15) is 4.79 Å². The van der Waals surface area contributed by atoms with Crippen LogP contribution in [0, 0.1) is 6.92 Å². The Hall–Kier alpha value is -2.60. The third-order valence-electron chi connectivity index (χ3n) is 4.17. The fourth-order valence-electron chi connectivity index (χ4n) is 2.98. The average molecular weight is 350 g/mol. The van der Waals surface area contributed by atoms with Crippen molar-refractivity contribution in [2.24, 2.45) is 10.1 Å². The van der Waals surface area contributed by atoms with Gasteiger partial charge in [0.15, 0.2) is 11.3 Å². The highest BCUT2D eigenvalue weighted by molar-refractivity contribution is 8.13. The second-order valence-corrected chi connectivity index (χ2v) is 7.17. The maximum atomic E-state index is 12.8. The monoisotopic (exact) mass is 350 g/mol. The number of carbonyl (C=O) groups excluding carboxylic acids is 1. The summed E-state index contributed by atoms with van der Waals surface area (Å²) in [5.74, 6) is 0.705. The minimum atomic E-state index is -0.344. The SMILES string of the molecule is CCSC1=NN2C(=c3ccccc3=NC2c2ccc(C)cc2)C(=O)N1. The van der Waals surface area contributed by atoms with Crippen LogP contribution in [0.2, 0.25) is 0 Å². The van der Waals surface area contributed by atoms with Crippen molar-refractivity contribution >= 4 is 28.5 Å². The van der Waals surface area contributed by atoms with E-state index in [0.717, 1.165) is 21.9 Å². The van der Waals surface area contributed by atoms with E-state index in [1.54, 1.807) is 5.01 Å². The van der Waals surface area contributed by atoms with Crippen LogP contribution in [0.5, 0.6) is 0 Å². The average Bonchev–Trinajstić information content (AvgIpc) is 2.62. The number of hydrazone groups is 1. The van der Waals surface area contributed by atoms with Crippen molar-refractivity contribution in [3.63, 3.8) is 0 Å². The molecule has 0 fully saturated rings. The molecule has 1 amide bonds. The molecule has 6 heteroatoms. The van der Waals surface area contributed by atoms with Gasteiger partial charge in [-0.25, -0.2) is 5.01 Å². The molecular weight excluding hydrogens is 332 g/mol. The van der Waals surface area contributed by atoms with Crippen LogP contribution in [0.1, 0.15) is 24.2 Å². The van der Waals surface area contributed by atoms with Crippen molar-refractivity contribution in [3.8, 4) is 0 Å². The predicted octanol–water partition coefficient (Wildman–Crippen LogP) is 1.89. The van der Waals surface area contributed by atoms with Gasteiger partial charge in [-0.2, -0.15) is 0 Å². The molecule has 1 unspecified atom stereocenters. The van der Waals surface area contributed by atoms with Gasteiger partial charge >= 0.3 is 0 Å². The van der Waals surface area contributed by atoms with E-state index in [2.05, 4.69) is 29.5 Å². The van der Waals surface area contributed by atoms with Crippen molar-refractivity contribution in [1.82, 2.24) is 10.3 Å². The summed E-state index contributed by atoms with van der Waals surface area (Å²) < 4.78 is 0. The van der Waals surface area contributed by atoms with E-state index in [0.29, 0.717) is 10.9 Å². The van der Waals surface area contributed by atoms with Crippen LogP contribution in [0.15, 0.2) is 58.6 Å². The normalized spacial score (nSPS) is 18.7. The summed E-state index contributed by atoms with van der Waals surface area (Å²) in [5, 5.41) is 11.6. The third kappa shape index (κ3) is 2.82. The summed E-state index contributed by atoms with van der Waals surface area (Å²) in [6.07, 6.45) is -0.344. The Morgan fingerprint density at radius 3 is 2.68 bits per heavy atom. The smallest absolute Gasteiger partial charge is 0.276 e. The molecule has 1 N–H and O–H groups in total. The zero-order valence-corrected chi connectivity index (χ0v) is 14.9. The largest absolute Gasteiger partial charge is 0.298 e. The molecule has 2 aromatic rings. The fourth-order valence-corrected chi connectivity index (χ4v) is 3.57. The van der Waals surface area contributed by atoms with Gasteiger partial charge in [-0.1, -0.05) is 66.7 Å². The lowest BCUT2D eigenvalue weighted by Crippen LogP contribution is -2.50. The number of amidine groups is 1. The summed E-state index contributed by atoms with van der Waals surface area (Å²) in [6, 6.07) is 15.9. The summed E-state index contributed by atoms with van der Waals surface area (Å²) in [4.78, 5) is 17.6. The maximum absolute atomic E-state index is 12.8. The Bertz CT molecular complexity index is 981. The first-order chi connectivity index (χ1) is 12.2. The van der Waals surface area contributed by atoms with E-state index >= 15 is 0 Å². The molecule has 4 rings (SSSR count). The van der Waals surface area contributed by atoms with E-state index in [1.807, 2.05) is 43.3 Å². The molecule has 0 radical (unpaired) electrons.